The molecule has 1 unspecified atom stereocenters. The van der Waals surface area contributed by atoms with Crippen molar-refractivity contribution in [2.24, 2.45) is 0 Å². The first-order valence-electron chi connectivity index (χ1n) is 3.24. The molecule has 1 saturated heterocycles. The van der Waals surface area contributed by atoms with Crippen LogP contribution in [0.4, 0.5) is 0 Å². The number of ether oxygens (including phenoxy) is 1. The third-order valence-electron chi connectivity index (χ3n) is 1.45. The first-order valence-corrected chi connectivity index (χ1v) is 3.24. The van der Waals surface area contributed by atoms with Gasteiger partial charge in [-0.25, -0.2) is 0 Å². The fraction of sp³-hybridized carbons (Fsp3) is 1.00. The first-order chi connectivity index (χ1) is 3.93. The van der Waals surface area contributed by atoms with Crippen molar-refractivity contribution in [2.45, 2.75) is 19.4 Å². The highest BCUT2D eigenvalue weighted by Gasteiger charge is 2.14. The predicted molar refractivity (Wildman–Crippen MR) is 32.9 cm³/mol. The molecule has 0 aromatic carbocycles. The van der Waals surface area contributed by atoms with Gasteiger partial charge in [0.25, 0.3) is 0 Å². The molecule has 0 spiro atoms. The van der Waals surface area contributed by atoms with Gasteiger partial charge in [0.15, 0.2) is 0 Å². The summed E-state index contributed by atoms with van der Waals surface area (Å²) in [5.74, 6) is 0. The second-order valence-corrected chi connectivity index (χ2v) is 2.10. The van der Waals surface area contributed by atoms with Crippen molar-refractivity contribution in [3.63, 3.8) is 0 Å². The van der Waals surface area contributed by atoms with Gasteiger partial charge in [-0.3, -0.25) is 0 Å². The number of hydrogen-bond donors (Lipinski definition) is 1. The minimum atomic E-state index is 0.662. The Hall–Kier alpha value is -0.0800. The van der Waals surface area contributed by atoms with E-state index >= 15 is 0 Å². The molecule has 0 aliphatic carbocycles. The molecule has 1 rings (SSSR count). The molecule has 1 N–H and O–H groups in total. The fourth-order valence-electron chi connectivity index (χ4n) is 0.751. The highest BCUT2D eigenvalue weighted by molar-refractivity contribution is 4.76. The fourth-order valence-corrected chi connectivity index (χ4v) is 0.751. The van der Waals surface area contributed by atoms with Gasteiger partial charge < -0.3 is 10.1 Å². The lowest BCUT2D eigenvalue weighted by molar-refractivity contribution is 0.102. The molecule has 1 aliphatic heterocycles. The molecular weight excluding hydrogens is 102 g/mol. The van der Waals surface area contributed by atoms with Gasteiger partial charge in [-0.2, -0.15) is 0 Å². The second kappa shape index (κ2) is 3.05. The van der Waals surface area contributed by atoms with E-state index in [2.05, 4.69) is 5.32 Å². The molecular formula is C6H13NO. The topological polar surface area (TPSA) is 21.3 Å². The lowest BCUT2D eigenvalue weighted by Crippen LogP contribution is -2.45. The Bertz CT molecular complexity index is 61.5. The van der Waals surface area contributed by atoms with E-state index in [4.69, 9.17) is 4.74 Å². The zero-order valence-electron chi connectivity index (χ0n) is 5.31. The standard InChI is InChI=1S/C6H13NO/c1-2-8-5-6-3-4-7-6/h6-7H,2-5H2,1H3. The quantitative estimate of drug-likeness (QED) is 0.574. The summed E-state index contributed by atoms with van der Waals surface area (Å²) in [7, 11) is 0. The van der Waals surface area contributed by atoms with Crippen LogP contribution in [-0.2, 0) is 4.74 Å². The smallest absolute Gasteiger partial charge is 0.0619 e. The Morgan fingerprint density at radius 2 is 2.50 bits per heavy atom. The average molecular weight is 115 g/mol. The van der Waals surface area contributed by atoms with Gasteiger partial charge in [0.1, 0.15) is 0 Å². The largest absolute Gasteiger partial charge is 0.380 e. The molecule has 2 nitrogen and oxygen atoms in total. The Morgan fingerprint density at radius 3 is 2.88 bits per heavy atom. The Morgan fingerprint density at radius 1 is 1.75 bits per heavy atom. The molecule has 8 heavy (non-hydrogen) atoms. The van der Waals surface area contributed by atoms with Crippen molar-refractivity contribution >= 4 is 0 Å². The summed E-state index contributed by atoms with van der Waals surface area (Å²) < 4.78 is 5.17. The van der Waals surface area contributed by atoms with Crippen molar-refractivity contribution in [2.75, 3.05) is 19.8 Å². The molecule has 1 atom stereocenters. The zero-order valence-corrected chi connectivity index (χ0v) is 5.31. The molecule has 0 bridgehead atoms. The van der Waals surface area contributed by atoms with Crippen LogP contribution in [0.2, 0.25) is 0 Å². The molecule has 1 aliphatic rings. The summed E-state index contributed by atoms with van der Waals surface area (Å²) in [6.45, 7) is 4.95. The van der Waals surface area contributed by atoms with Crippen LogP contribution in [0.15, 0.2) is 0 Å². The van der Waals surface area contributed by atoms with E-state index in [1.807, 2.05) is 6.92 Å². The maximum absolute atomic E-state index is 5.17. The monoisotopic (exact) mass is 115 g/mol. The number of hydrogen-bond acceptors (Lipinski definition) is 2. The van der Waals surface area contributed by atoms with Crippen molar-refractivity contribution in [3.05, 3.63) is 0 Å². The lowest BCUT2D eigenvalue weighted by Gasteiger charge is -2.26. The van der Waals surface area contributed by atoms with E-state index in [1.165, 1.54) is 13.0 Å². The minimum Gasteiger partial charge on any atom is -0.380 e. The minimum absolute atomic E-state index is 0.662. The Labute approximate surface area is 50.2 Å². The van der Waals surface area contributed by atoms with Crippen molar-refractivity contribution in [1.29, 1.82) is 0 Å². The molecule has 1 heterocycles. The van der Waals surface area contributed by atoms with E-state index in [-0.39, 0.29) is 0 Å². The molecule has 2 heteroatoms. The summed E-state index contributed by atoms with van der Waals surface area (Å²) in [6.07, 6.45) is 1.29. The van der Waals surface area contributed by atoms with Gasteiger partial charge >= 0.3 is 0 Å². The van der Waals surface area contributed by atoms with E-state index in [0.717, 1.165) is 13.2 Å². The lowest BCUT2D eigenvalue weighted by atomic mass is 10.1. The summed E-state index contributed by atoms with van der Waals surface area (Å²) >= 11 is 0. The maximum Gasteiger partial charge on any atom is 0.0619 e. The normalized spacial score (nSPS) is 27.4. The van der Waals surface area contributed by atoms with Crippen molar-refractivity contribution in [1.82, 2.24) is 5.32 Å². The first kappa shape index (κ1) is 6.05. The predicted octanol–water partition coefficient (Wildman–Crippen LogP) is 0.385. The molecule has 48 valence electrons. The zero-order chi connectivity index (χ0) is 5.82. The molecule has 0 aromatic heterocycles. The maximum atomic E-state index is 5.17. The van der Waals surface area contributed by atoms with Crippen LogP contribution in [0.3, 0.4) is 0 Å². The van der Waals surface area contributed by atoms with Gasteiger partial charge in [-0.1, -0.05) is 0 Å². The van der Waals surface area contributed by atoms with Crippen molar-refractivity contribution in [3.8, 4) is 0 Å². The van der Waals surface area contributed by atoms with Crippen LogP contribution in [0, 0.1) is 0 Å². The number of nitrogens with one attached hydrogen (secondary N) is 1. The van der Waals surface area contributed by atoms with Crippen LogP contribution in [-0.4, -0.2) is 25.8 Å². The molecule has 1 fully saturated rings. The van der Waals surface area contributed by atoms with Gasteiger partial charge in [0, 0.05) is 12.6 Å². The molecule has 0 radical (unpaired) electrons. The summed E-state index contributed by atoms with van der Waals surface area (Å²) in [5, 5.41) is 3.26. The van der Waals surface area contributed by atoms with E-state index in [9.17, 15) is 0 Å². The van der Waals surface area contributed by atoms with Crippen LogP contribution >= 0.6 is 0 Å². The van der Waals surface area contributed by atoms with Crippen LogP contribution in [0.1, 0.15) is 13.3 Å². The molecule has 0 amide bonds. The second-order valence-electron chi connectivity index (χ2n) is 2.10. The van der Waals surface area contributed by atoms with Gasteiger partial charge in [-0.05, 0) is 19.9 Å². The van der Waals surface area contributed by atoms with Gasteiger partial charge in [0.05, 0.1) is 6.61 Å². The van der Waals surface area contributed by atoms with Gasteiger partial charge in [0.2, 0.25) is 0 Å². The molecule has 0 aromatic rings. The third kappa shape index (κ3) is 1.46. The number of rotatable bonds is 3. The summed E-state index contributed by atoms with van der Waals surface area (Å²) in [5.41, 5.74) is 0. The average Bonchev–Trinajstić information content (AvgIpc) is 1.63. The molecule has 0 saturated carbocycles. The van der Waals surface area contributed by atoms with Crippen molar-refractivity contribution < 1.29 is 4.74 Å². The van der Waals surface area contributed by atoms with Crippen LogP contribution < -0.4 is 5.32 Å². The van der Waals surface area contributed by atoms with E-state index in [0.29, 0.717) is 6.04 Å². The van der Waals surface area contributed by atoms with E-state index in [1.54, 1.807) is 0 Å². The van der Waals surface area contributed by atoms with E-state index < -0.39 is 0 Å². The Kier molecular flexibility index (Phi) is 2.30. The van der Waals surface area contributed by atoms with Crippen LogP contribution in [0.5, 0.6) is 0 Å². The van der Waals surface area contributed by atoms with Gasteiger partial charge in [-0.15, -0.1) is 0 Å². The van der Waals surface area contributed by atoms with Crippen LogP contribution in [0.25, 0.3) is 0 Å². The Balaban J connectivity index is 1.86. The highest BCUT2D eigenvalue weighted by atomic mass is 16.5. The summed E-state index contributed by atoms with van der Waals surface area (Å²) in [6, 6.07) is 0.662. The SMILES string of the molecule is CCOCC1CCN1. The highest BCUT2D eigenvalue weighted by Crippen LogP contribution is 2.00. The third-order valence-corrected chi connectivity index (χ3v) is 1.45. The summed E-state index contributed by atoms with van der Waals surface area (Å²) in [4.78, 5) is 0.